The van der Waals surface area contributed by atoms with Gasteiger partial charge in [-0.3, -0.25) is 0 Å². The molecule has 0 atom stereocenters. The van der Waals surface area contributed by atoms with E-state index in [1.807, 2.05) is 6.07 Å². The summed E-state index contributed by atoms with van der Waals surface area (Å²) in [5.41, 5.74) is 2.06. The molecule has 3 nitrogen and oxygen atoms in total. The number of nitrogens with zero attached hydrogens (tertiary/aromatic N) is 1. The van der Waals surface area contributed by atoms with Crippen LogP contribution in [-0.4, -0.2) is 29.8 Å². The number of piperidine rings is 1. The first-order chi connectivity index (χ1) is 9.35. The van der Waals surface area contributed by atoms with Crippen LogP contribution >= 0.6 is 0 Å². The molecule has 2 N–H and O–H groups in total. The molecule has 20 heavy (non-hydrogen) atoms. The molecular weight excluding hydrogens is 255 g/mol. The molecule has 2 rings (SSSR count). The highest BCUT2D eigenvalue weighted by atomic mass is 19.1. The van der Waals surface area contributed by atoms with Crippen LogP contribution in [-0.2, 0) is 6.54 Å². The van der Waals surface area contributed by atoms with Crippen molar-refractivity contribution in [2.75, 3.05) is 18.0 Å². The molecule has 0 aromatic heterocycles. The van der Waals surface area contributed by atoms with Gasteiger partial charge in [0.15, 0.2) is 0 Å². The van der Waals surface area contributed by atoms with Gasteiger partial charge >= 0.3 is 0 Å². The zero-order valence-corrected chi connectivity index (χ0v) is 12.6. The van der Waals surface area contributed by atoms with Gasteiger partial charge in [0.1, 0.15) is 5.82 Å². The fourth-order valence-corrected chi connectivity index (χ4v) is 2.47. The third-order valence-electron chi connectivity index (χ3n) is 3.66. The van der Waals surface area contributed by atoms with Crippen molar-refractivity contribution >= 4 is 5.69 Å². The van der Waals surface area contributed by atoms with Crippen molar-refractivity contribution in [3.63, 3.8) is 0 Å². The summed E-state index contributed by atoms with van der Waals surface area (Å²) in [6.07, 6.45) is 1.37. The Morgan fingerprint density at radius 1 is 1.30 bits per heavy atom. The Bertz CT molecular complexity index is 448. The summed E-state index contributed by atoms with van der Waals surface area (Å²) in [4.78, 5) is 2.24. The minimum atomic E-state index is -0.198. The number of hydrogen-bond acceptors (Lipinski definition) is 3. The van der Waals surface area contributed by atoms with Crippen molar-refractivity contribution in [2.45, 2.75) is 51.8 Å². The quantitative estimate of drug-likeness (QED) is 0.893. The van der Waals surface area contributed by atoms with Crippen molar-refractivity contribution < 1.29 is 9.50 Å². The van der Waals surface area contributed by atoms with Crippen LogP contribution in [0.4, 0.5) is 10.1 Å². The van der Waals surface area contributed by atoms with E-state index >= 15 is 0 Å². The first-order valence-corrected chi connectivity index (χ1v) is 7.31. The summed E-state index contributed by atoms with van der Waals surface area (Å²) >= 11 is 0. The molecule has 0 spiro atoms. The fraction of sp³-hybridized carbons (Fsp3) is 0.625. The summed E-state index contributed by atoms with van der Waals surface area (Å²) in [6.45, 7) is 8.61. The molecule has 1 fully saturated rings. The topological polar surface area (TPSA) is 35.5 Å². The molecule has 1 aromatic carbocycles. The number of aliphatic hydroxyl groups excluding tert-OH is 1. The van der Waals surface area contributed by atoms with E-state index < -0.39 is 0 Å². The molecular formula is C16H25FN2O. The minimum absolute atomic E-state index is 0.00167. The monoisotopic (exact) mass is 280 g/mol. The van der Waals surface area contributed by atoms with E-state index in [-0.39, 0.29) is 17.5 Å². The van der Waals surface area contributed by atoms with E-state index in [4.69, 9.17) is 0 Å². The van der Waals surface area contributed by atoms with Gasteiger partial charge < -0.3 is 15.3 Å². The van der Waals surface area contributed by atoms with Gasteiger partial charge in [0, 0.05) is 30.9 Å². The molecule has 1 heterocycles. The van der Waals surface area contributed by atoms with Crippen LogP contribution < -0.4 is 10.2 Å². The van der Waals surface area contributed by atoms with E-state index in [1.165, 1.54) is 6.07 Å². The molecule has 4 heteroatoms. The Morgan fingerprint density at radius 3 is 2.55 bits per heavy atom. The summed E-state index contributed by atoms with van der Waals surface area (Å²) < 4.78 is 13.5. The Balaban J connectivity index is 2.15. The van der Waals surface area contributed by atoms with Crippen LogP contribution in [0.2, 0.25) is 0 Å². The number of hydrogen-bond donors (Lipinski definition) is 2. The predicted molar refractivity (Wildman–Crippen MR) is 80.4 cm³/mol. The number of nitrogens with one attached hydrogen (secondary N) is 1. The Labute approximate surface area is 120 Å². The lowest BCUT2D eigenvalue weighted by Gasteiger charge is -2.33. The molecule has 0 saturated carbocycles. The highest BCUT2D eigenvalue weighted by Gasteiger charge is 2.20. The standard InChI is InChI=1S/C16H25FN2O/c1-16(2,3)18-11-12-10-13(17)4-5-15(12)19-8-6-14(20)7-9-19/h4-5,10,14,18,20H,6-9,11H2,1-3H3. The van der Waals surface area contributed by atoms with E-state index in [2.05, 4.69) is 31.0 Å². The van der Waals surface area contributed by atoms with Crippen LogP contribution in [0, 0.1) is 5.82 Å². The van der Waals surface area contributed by atoms with Gasteiger partial charge in [-0.25, -0.2) is 4.39 Å². The maximum absolute atomic E-state index is 13.5. The molecule has 1 aliphatic heterocycles. The first-order valence-electron chi connectivity index (χ1n) is 7.31. The maximum Gasteiger partial charge on any atom is 0.123 e. The van der Waals surface area contributed by atoms with Gasteiger partial charge in [-0.05, 0) is 57.4 Å². The zero-order valence-electron chi connectivity index (χ0n) is 12.6. The van der Waals surface area contributed by atoms with E-state index in [9.17, 15) is 9.50 Å². The third-order valence-corrected chi connectivity index (χ3v) is 3.66. The summed E-state index contributed by atoms with van der Waals surface area (Å²) in [6, 6.07) is 4.98. The number of aliphatic hydroxyl groups is 1. The van der Waals surface area contributed by atoms with Crippen LogP contribution in [0.3, 0.4) is 0 Å². The molecule has 1 saturated heterocycles. The highest BCUT2D eigenvalue weighted by molar-refractivity contribution is 5.54. The van der Waals surface area contributed by atoms with Crippen LogP contribution in [0.1, 0.15) is 39.2 Å². The summed E-state index contributed by atoms with van der Waals surface area (Å²) in [7, 11) is 0. The van der Waals surface area contributed by atoms with Gasteiger partial charge in [-0.15, -0.1) is 0 Å². The van der Waals surface area contributed by atoms with Gasteiger partial charge in [-0.1, -0.05) is 0 Å². The number of halogens is 1. The Kier molecular flexibility index (Phi) is 4.66. The third kappa shape index (κ3) is 4.18. The predicted octanol–water partition coefficient (Wildman–Crippen LogP) is 2.67. The van der Waals surface area contributed by atoms with Gasteiger partial charge in [0.2, 0.25) is 0 Å². The molecule has 0 aliphatic carbocycles. The van der Waals surface area contributed by atoms with Crippen LogP contribution in [0.5, 0.6) is 0 Å². The SMILES string of the molecule is CC(C)(C)NCc1cc(F)ccc1N1CCC(O)CC1. The second kappa shape index (κ2) is 6.10. The van der Waals surface area contributed by atoms with Crippen LogP contribution in [0.25, 0.3) is 0 Å². The fourth-order valence-electron chi connectivity index (χ4n) is 2.47. The van der Waals surface area contributed by atoms with Crippen molar-refractivity contribution in [2.24, 2.45) is 0 Å². The number of rotatable bonds is 3. The average molecular weight is 280 g/mol. The van der Waals surface area contributed by atoms with Crippen molar-refractivity contribution in [3.05, 3.63) is 29.6 Å². The Morgan fingerprint density at radius 2 is 1.95 bits per heavy atom. The van der Waals surface area contributed by atoms with Crippen molar-refractivity contribution in [1.29, 1.82) is 0 Å². The average Bonchev–Trinajstić information content (AvgIpc) is 2.37. The Hall–Kier alpha value is -1.13. The summed E-state index contributed by atoms with van der Waals surface area (Å²) in [5.74, 6) is -0.198. The van der Waals surface area contributed by atoms with Gasteiger partial charge in [-0.2, -0.15) is 0 Å². The molecule has 0 unspecified atom stereocenters. The molecule has 0 amide bonds. The molecule has 0 bridgehead atoms. The summed E-state index contributed by atoms with van der Waals surface area (Å²) in [5, 5.41) is 13.0. The second-order valence-electron chi connectivity index (χ2n) is 6.59. The number of anilines is 1. The zero-order chi connectivity index (χ0) is 14.8. The van der Waals surface area contributed by atoms with Crippen molar-refractivity contribution in [1.82, 2.24) is 5.32 Å². The van der Waals surface area contributed by atoms with Crippen LogP contribution in [0.15, 0.2) is 18.2 Å². The maximum atomic E-state index is 13.5. The first kappa shape index (κ1) is 15.3. The minimum Gasteiger partial charge on any atom is -0.393 e. The van der Waals surface area contributed by atoms with E-state index in [0.717, 1.165) is 37.2 Å². The number of benzene rings is 1. The van der Waals surface area contributed by atoms with E-state index in [0.29, 0.717) is 6.54 Å². The lowest BCUT2D eigenvalue weighted by Crippen LogP contribution is -2.38. The molecule has 0 radical (unpaired) electrons. The lowest BCUT2D eigenvalue weighted by molar-refractivity contribution is 0.145. The molecule has 1 aromatic rings. The van der Waals surface area contributed by atoms with Gasteiger partial charge in [0.05, 0.1) is 6.10 Å². The highest BCUT2D eigenvalue weighted by Crippen LogP contribution is 2.25. The van der Waals surface area contributed by atoms with Crippen molar-refractivity contribution in [3.8, 4) is 0 Å². The molecule has 1 aliphatic rings. The smallest absolute Gasteiger partial charge is 0.123 e. The largest absolute Gasteiger partial charge is 0.393 e. The molecule has 112 valence electrons. The lowest BCUT2D eigenvalue weighted by atomic mass is 10.0. The van der Waals surface area contributed by atoms with Gasteiger partial charge in [0.25, 0.3) is 0 Å². The normalized spacial score (nSPS) is 17.6. The second-order valence-corrected chi connectivity index (χ2v) is 6.59. The van der Waals surface area contributed by atoms with E-state index in [1.54, 1.807) is 6.07 Å².